The molecule has 3 heteroatoms. The van der Waals surface area contributed by atoms with Crippen LogP contribution in [0.15, 0.2) is 0 Å². The maximum atomic E-state index is 9.43. The van der Waals surface area contributed by atoms with Gasteiger partial charge in [-0.25, -0.2) is 4.79 Å². The van der Waals surface area contributed by atoms with Gasteiger partial charge >= 0.3 is 6.47 Å². The molecule has 0 fully saturated rings. The van der Waals surface area contributed by atoms with E-state index in [2.05, 4.69) is 16.0 Å². The van der Waals surface area contributed by atoms with E-state index in [1.54, 1.807) is 6.92 Å². The third kappa shape index (κ3) is 3.51. The van der Waals surface area contributed by atoms with E-state index in [1.165, 1.54) is 6.47 Å². The minimum Gasteiger partial charge on any atom is -0.441 e. The van der Waals surface area contributed by atoms with E-state index in [1.807, 2.05) is 0 Å². The molecule has 0 spiro atoms. The summed E-state index contributed by atoms with van der Waals surface area (Å²) < 4.78 is 4.22. The Labute approximate surface area is 52.8 Å². The van der Waals surface area contributed by atoms with Crippen LogP contribution >= 0.6 is 11.6 Å². The summed E-state index contributed by atoms with van der Waals surface area (Å²) in [5.41, 5.74) is 0. The van der Waals surface area contributed by atoms with Crippen molar-refractivity contribution in [3.8, 4) is 11.3 Å². The number of halogens is 1. The second-order valence-corrected chi connectivity index (χ2v) is 1.27. The van der Waals surface area contributed by atoms with E-state index in [-0.39, 0.29) is 0 Å². The highest BCUT2D eigenvalue weighted by atomic mass is 35.5. The quantitative estimate of drug-likeness (QED) is 0.515. The number of ether oxygens (including phenoxy) is 1. The van der Waals surface area contributed by atoms with Gasteiger partial charge in [-0.05, 0) is 24.4 Å². The zero-order valence-corrected chi connectivity index (χ0v) is 5.03. The summed E-state index contributed by atoms with van der Waals surface area (Å²) in [5.74, 6) is 2.38. The van der Waals surface area contributed by atoms with E-state index in [9.17, 15) is 4.79 Å². The largest absolute Gasteiger partial charge is 0.441 e. The summed E-state index contributed by atoms with van der Waals surface area (Å²) >= 11 is 4.96. The first-order valence-electron chi connectivity index (χ1n) is 1.95. The van der Waals surface area contributed by atoms with E-state index < -0.39 is 6.10 Å². The molecule has 0 aliphatic heterocycles. The fourth-order valence-corrected chi connectivity index (χ4v) is 0.332. The monoisotopic (exact) mass is 131 g/mol. The lowest BCUT2D eigenvalue weighted by Crippen LogP contribution is -2.01. The van der Waals surface area contributed by atoms with Crippen LogP contribution in [0, 0.1) is 11.3 Å². The molecule has 0 aromatic heterocycles. The molecule has 2 nitrogen and oxygen atoms in total. The number of hydrogen-bond acceptors (Lipinski definition) is 2. The zero-order chi connectivity index (χ0) is 6.41. The van der Waals surface area contributed by atoms with Crippen LogP contribution in [0.2, 0.25) is 0 Å². The summed E-state index contributed by atoms with van der Waals surface area (Å²) in [7, 11) is 0. The second-order valence-electron chi connectivity index (χ2n) is 1.08. The van der Waals surface area contributed by atoms with Gasteiger partial charge in [0.25, 0.3) is 0 Å². The van der Waals surface area contributed by atoms with Crippen LogP contribution < -0.4 is 0 Å². The molecule has 0 heterocycles. The first-order valence-corrected chi connectivity index (χ1v) is 2.33. The third-order valence-corrected chi connectivity index (χ3v) is 0.592. The van der Waals surface area contributed by atoms with Crippen molar-refractivity contribution in [1.29, 1.82) is 0 Å². The van der Waals surface area contributed by atoms with Crippen molar-refractivity contribution in [3.05, 3.63) is 0 Å². The van der Waals surface area contributed by atoms with Gasteiger partial charge in [0.15, 0.2) is 6.10 Å². The van der Waals surface area contributed by atoms with Crippen LogP contribution in [0.4, 0.5) is 0 Å². The van der Waals surface area contributed by atoms with Crippen LogP contribution in [0.5, 0.6) is 0 Å². The molecule has 0 bridgehead atoms. The molecule has 0 aromatic carbocycles. The summed E-state index contributed by atoms with van der Waals surface area (Å²) in [4.78, 5) is 9.43. The van der Waals surface area contributed by atoms with Crippen molar-refractivity contribution in [3.63, 3.8) is 0 Å². The van der Waals surface area contributed by atoms with Gasteiger partial charge in [-0.3, -0.25) is 0 Å². The molecule has 0 amide bonds. The van der Waals surface area contributed by atoms with Crippen molar-refractivity contribution >= 4 is 18.1 Å². The predicted molar refractivity (Wildman–Crippen MR) is 29.9 cm³/mol. The maximum absolute atomic E-state index is 9.43. The Bertz CT molecular complexity index is 122. The smallest absolute Gasteiger partial charge is 0.418 e. The molecule has 8 heavy (non-hydrogen) atoms. The standard InChI is InChI=1S/C5H4ClO2/c1-5(2-3-6)8-4-7/h5H,1H3. The lowest BCUT2D eigenvalue weighted by atomic mass is 10.4. The van der Waals surface area contributed by atoms with Crippen LogP contribution in [-0.4, -0.2) is 12.6 Å². The minimum atomic E-state index is -0.454. The normalized spacial score (nSPS) is 10.8. The summed E-state index contributed by atoms with van der Waals surface area (Å²) in [5, 5.41) is 2.07. The molecule has 0 saturated carbocycles. The zero-order valence-electron chi connectivity index (χ0n) is 4.27. The van der Waals surface area contributed by atoms with Crippen LogP contribution in [0.25, 0.3) is 0 Å². The molecule has 43 valence electrons. The van der Waals surface area contributed by atoms with Crippen LogP contribution in [0.1, 0.15) is 6.92 Å². The fraction of sp³-hybridized carbons (Fsp3) is 0.400. The molecule has 1 unspecified atom stereocenters. The van der Waals surface area contributed by atoms with Gasteiger partial charge in [0.2, 0.25) is 0 Å². The van der Waals surface area contributed by atoms with Crippen LogP contribution in [0.3, 0.4) is 0 Å². The van der Waals surface area contributed by atoms with E-state index in [4.69, 9.17) is 11.6 Å². The highest BCUT2D eigenvalue weighted by molar-refractivity contribution is 6.30. The minimum absolute atomic E-state index is 0.454. The fourth-order valence-electron chi connectivity index (χ4n) is 0.178. The summed E-state index contributed by atoms with van der Waals surface area (Å²) in [6.45, 7) is 2.84. The van der Waals surface area contributed by atoms with Gasteiger partial charge in [0, 0.05) is 5.38 Å². The Hall–Kier alpha value is -0.680. The highest BCUT2D eigenvalue weighted by Gasteiger charge is 1.91. The molecular weight excluding hydrogens is 128 g/mol. The number of hydrogen-bond donors (Lipinski definition) is 0. The van der Waals surface area contributed by atoms with Crippen molar-refractivity contribution in [1.82, 2.24) is 0 Å². The van der Waals surface area contributed by atoms with Crippen molar-refractivity contribution < 1.29 is 9.53 Å². The molecule has 0 N–H and O–H groups in total. The van der Waals surface area contributed by atoms with E-state index in [0.717, 1.165) is 0 Å². The average molecular weight is 132 g/mol. The van der Waals surface area contributed by atoms with Gasteiger partial charge in [0.1, 0.15) is 0 Å². The maximum Gasteiger partial charge on any atom is 0.418 e. The average Bonchev–Trinajstić information content (AvgIpc) is 1.68. The van der Waals surface area contributed by atoms with Gasteiger partial charge in [-0.2, -0.15) is 0 Å². The van der Waals surface area contributed by atoms with Gasteiger partial charge < -0.3 is 4.74 Å². The van der Waals surface area contributed by atoms with E-state index >= 15 is 0 Å². The molecule has 0 saturated heterocycles. The topological polar surface area (TPSA) is 26.3 Å². The van der Waals surface area contributed by atoms with Gasteiger partial charge in [0.05, 0.1) is 0 Å². The molecule has 0 aliphatic rings. The Balaban J connectivity index is 3.41. The van der Waals surface area contributed by atoms with Gasteiger partial charge in [-0.15, -0.1) is 0 Å². The van der Waals surface area contributed by atoms with Gasteiger partial charge in [-0.1, -0.05) is 0 Å². The summed E-state index contributed by atoms with van der Waals surface area (Å²) in [6.07, 6.45) is -0.454. The second kappa shape index (κ2) is 4.48. The lowest BCUT2D eigenvalue weighted by molar-refractivity contribution is 0.244. The Morgan fingerprint density at radius 3 is 2.75 bits per heavy atom. The lowest BCUT2D eigenvalue weighted by Gasteiger charge is -1.94. The molecule has 0 aromatic rings. The Kier molecular flexibility index (Phi) is 4.10. The first-order chi connectivity index (χ1) is 3.81. The summed E-state index contributed by atoms with van der Waals surface area (Å²) in [6, 6.07) is 0. The Morgan fingerprint density at radius 2 is 2.38 bits per heavy atom. The van der Waals surface area contributed by atoms with Crippen molar-refractivity contribution in [2.24, 2.45) is 0 Å². The SMILES string of the molecule is CC(C#CCl)O[C]=O. The first kappa shape index (κ1) is 7.32. The van der Waals surface area contributed by atoms with Crippen molar-refractivity contribution in [2.45, 2.75) is 13.0 Å². The molecule has 1 atom stereocenters. The third-order valence-electron chi connectivity index (χ3n) is 0.483. The number of rotatable bonds is 2. The number of carbonyl (C=O) groups excluding carboxylic acids is 1. The molecule has 1 radical (unpaired) electrons. The Morgan fingerprint density at radius 1 is 1.75 bits per heavy atom. The molecule has 0 aliphatic carbocycles. The molecular formula is C5H4ClO2. The van der Waals surface area contributed by atoms with Crippen molar-refractivity contribution in [2.75, 3.05) is 0 Å². The highest BCUT2D eigenvalue weighted by Crippen LogP contribution is 1.82. The van der Waals surface area contributed by atoms with Crippen LogP contribution in [-0.2, 0) is 9.53 Å². The molecule has 0 rings (SSSR count). The van der Waals surface area contributed by atoms with E-state index in [0.29, 0.717) is 0 Å². The predicted octanol–water partition coefficient (Wildman–Crippen LogP) is 0.658.